The maximum Gasteiger partial charge on any atom is 0.421 e. The number of carbonyl (C=O) groups is 1. The number of benzene rings is 1. The standard InChI is InChI=1S/C13H9N3O3/c17-13(18)16(11-7-3-4-8-14-11)12-15-9-5-1-2-6-10(9)19-12/h1-8H,(H,17,18). The van der Waals surface area contributed by atoms with Gasteiger partial charge in [0.05, 0.1) is 0 Å². The lowest BCUT2D eigenvalue weighted by molar-refractivity contribution is 0.203. The van der Waals surface area contributed by atoms with Crippen LogP contribution in [0.3, 0.4) is 0 Å². The Kier molecular flexibility index (Phi) is 2.60. The first-order valence-electron chi connectivity index (χ1n) is 5.55. The fraction of sp³-hybridized carbons (Fsp3) is 0. The van der Waals surface area contributed by atoms with Gasteiger partial charge in [0, 0.05) is 6.20 Å². The van der Waals surface area contributed by atoms with E-state index in [2.05, 4.69) is 9.97 Å². The lowest BCUT2D eigenvalue weighted by Crippen LogP contribution is -2.24. The molecule has 94 valence electrons. The molecule has 0 bridgehead atoms. The zero-order valence-electron chi connectivity index (χ0n) is 9.72. The van der Waals surface area contributed by atoms with Crippen LogP contribution < -0.4 is 4.90 Å². The topological polar surface area (TPSA) is 79.5 Å². The van der Waals surface area contributed by atoms with Crippen molar-refractivity contribution < 1.29 is 14.3 Å². The molecule has 3 aromatic rings. The SMILES string of the molecule is O=C(O)N(c1ccccn1)c1nc2ccccc2o1. The van der Waals surface area contributed by atoms with Crippen molar-refractivity contribution in [3.8, 4) is 0 Å². The molecule has 0 saturated heterocycles. The molecule has 2 aromatic heterocycles. The van der Waals surface area contributed by atoms with Crippen LogP contribution in [0.1, 0.15) is 0 Å². The zero-order valence-corrected chi connectivity index (χ0v) is 9.72. The molecule has 0 saturated carbocycles. The summed E-state index contributed by atoms with van der Waals surface area (Å²) < 4.78 is 5.44. The third-order valence-electron chi connectivity index (χ3n) is 2.54. The predicted octanol–water partition coefficient (Wildman–Crippen LogP) is 3.04. The van der Waals surface area contributed by atoms with Crippen molar-refractivity contribution in [2.75, 3.05) is 4.90 Å². The minimum absolute atomic E-state index is 0.0209. The molecule has 0 spiro atoms. The molecule has 1 N–H and O–H groups in total. The lowest BCUT2D eigenvalue weighted by Gasteiger charge is -2.12. The highest BCUT2D eigenvalue weighted by atomic mass is 16.4. The summed E-state index contributed by atoms with van der Waals surface area (Å²) in [6.07, 6.45) is 0.304. The number of oxazole rings is 1. The van der Waals surface area contributed by atoms with Crippen molar-refractivity contribution in [1.29, 1.82) is 0 Å². The highest BCUT2D eigenvalue weighted by Crippen LogP contribution is 2.26. The van der Waals surface area contributed by atoms with Gasteiger partial charge in [0.2, 0.25) is 0 Å². The van der Waals surface area contributed by atoms with E-state index in [0.29, 0.717) is 11.1 Å². The second kappa shape index (κ2) is 4.41. The zero-order chi connectivity index (χ0) is 13.2. The van der Waals surface area contributed by atoms with Crippen molar-refractivity contribution in [1.82, 2.24) is 9.97 Å². The number of rotatable bonds is 2. The van der Waals surface area contributed by atoms with Crippen LogP contribution in [-0.4, -0.2) is 21.2 Å². The number of carboxylic acid groups (broad SMARTS) is 1. The van der Waals surface area contributed by atoms with Gasteiger partial charge >= 0.3 is 12.1 Å². The summed E-state index contributed by atoms with van der Waals surface area (Å²) in [6, 6.07) is 12.0. The van der Waals surface area contributed by atoms with E-state index in [-0.39, 0.29) is 11.8 Å². The van der Waals surface area contributed by atoms with Crippen LogP contribution in [0.15, 0.2) is 53.1 Å². The van der Waals surface area contributed by atoms with E-state index in [1.807, 2.05) is 0 Å². The predicted molar refractivity (Wildman–Crippen MR) is 68.4 cm³/mol. The Hall–Kier alpha value is -2.89. The van der Waals surface area contributed by atoms with Crippen LogP contribution in [0.25, 0.3) is 11.1 Å². The molecule has 0 atom stereocenters. The van der Waals surface area contributed by atoms with E-state index in [1.165, 1.54) is 6.20 Å². The molecule has 1 amide bonds. The van der Waals surface area contributed by atoms with Gasteiger partial charge in [-0.05, 0) is 24.3 Å². The van der Waals surface area contributed by atoms with E-state index in [1.54, 1.807) is 42.5 Å². The Morgan fingerprint density at radius 1 is 1.16 bits per heavy atom. The molecule has 3 rings (SSSR count). The molecule has 0 aliphatic heterocycles. The number of nitrogens with zero attached hydrogens (tertiary/aromatic N) is 3. The number of fused-ring (bicyclic) bond motifs is 1. The van der Waals surface area contributed by atoms with Crippen LogP contribution in [0.5, 0.6) is 0 Å². The summed E-state index contributed by atoms with van der Waals surface area (Å²) in [5.41, 5.74) is 1.12. The number of para-hydroxylation sites is 2. The molecule has 6 nitrogen and oxygen atoms in total. The van der Waals surface area contributed by atoms with E-state index < -0.39 is 6.09 Å². The van der Waals surface area contributed by atoms with Crippen molar-refractivity contribution in [2.24, 2.45) is 0 Å². The minimum atomic E-state index is -1.20. The summed E-state index contributed by atoms with van der Waals surface area (Å²) in [5.74, 6) is 0.238. The molecule has 0 fully saturated rings. The van der Waals surface area contributed by atoms with Gasteiger partial charge in [0.25, 0.3) is 0 Å². The van der Waals surface area contributed by atoms with Crippen molar-refractivity contribution in [2.45, 2.75) is 0 Å². The van der Waals surface area contributed by atoms with Crippen molar-refractivity contribution in [3.05, 3.63) is 48.7 Å². The minimum Gasteiger partial charge on any atom is -0.464 e. The fourth-order valence-corrected chi connectivity index (χ4v) is 1.72. The first-order chi connectivity index (χ1) is 9.25. The van der Waals surface area contributed by atoms with E-state index in [0.717, 1.165) is 4.90 Å². The third kappa shape index (κ3) is 1.99. The number of pyridine rings is 1. The van der Waals surface area contributed by atoms with Gasteiger partial charge in [-0.1, -0.05) is 18.2 Å². The van der Waals surface area contributed by atoms with Gasteiger partial charge in [-0.3, -0.25) is 0 Å². The number of hydrogen-bond acceptors (Lipinski definition) is 4. The summed E-state index contributed by atoms with van der Waals surface area (Å²) in [7, 11) is 0. The summed E-state index contributed by atoms with van der Waals surface area (Å²) in [5, 5.41) is 9.29. The summed E-state index contributed by atoms with van der Waals surface area (Å²) in [6.45, 7) is 0. The van der Waals surface area contributed by atoms with Crippen LogP contribution in [0.2, 0.25) is 0 Å². The van der Waals surface area contributed by atoms with Gasteiger partial charge < -0.3 is 9.52 Å². The van der Waals surface area contributed by atoms with Crippen molar-refractivity contribution in [3.63, 3.8) is 0 Å². The first-order valence-corrected chi connectivity index (χ1v) is 5.55. The number of hydrogen-bond donors (Lipinski definition) is 1. The highest BCUT2D eigenvalue weighted by Gasteiger charge is 2.23. The van der Waals surface area contributed by atoms with Gasteiger partial charge in [-0.25, -0.2) is 9.78 Å². The molecule has 19 heavy (non-hydrogen) atoms. The Balaban J connectivity index is 2.12. The number of anilines is 2. The summed E-state index contributed by atoms with van der Waals surface area (Å²) in [4.78, 5) is 20.4. The summed E-state index contributed by atoms with van der Waals surface area (Å²) >= 11 is 0. The second-order valence-corrected chi connectivity index (χ2v) is 3.77. The Morgan fingerprint density at radius 2 is 1.95 bits per heavy atom. The number of aromatic nitrogens is 2. The average Bonchev–Trinajstić information content (AvgIpc) is 2.82. The van der Waals surface area contributed by atoms with Crippen LogP contribution in [0, 0.1) is 0 Å². The van der Waals surface area contributed by atoms with Gasteiger partial charge in [-0.15, -0.1) is 0 Å². The average molecular weight is 255 g/mol. The number of amides is 1. The fourth-order valence-electron chi connectivity index (χ4n) is 1.72. The Bertz CT molecular complexity index is 691. The molecular weight excluding hydrogens is 246 g/mol. The normalized spacial score (nSPS) is 10.5. The van der Waals surface area contributed by atoms with Gasteiger partial charge in [0.15, 0.2) is 5.58 Å². The van der Waals surface area contributed by atoms with Crippen LogP contribution in [-0.2, 0) is 0 Å². The molecule has 0 radical (unpaired) electrons. The molecule has 0 unspecified atom stereocenters. The Labute approximate surface area is 107 Å². The quantitative estimate of drug-likeness (QED) is 0.761. The maximum atomic E-state index is 11.4. The smallest absolute Gasteiger partial charge is 0.421 e. The monoisotopic (exact) mass is 255 g/mol. The van der Waals surface area contributed by atoms with Gasteiger partial charge in [0.1, 0.15) is 11.3 Å². The maximum absolute atomic E-state index is 11.4. The van der Waals surface area contributed by atoms with E-state index >= 15 is 0 Å². The first kappa shape index (κ1) is 11.2. The molecule has 1 aromatic carbocycles. The third-order valence-corrected chi connectivity index (χ3v) is 2.54. The second-order valence-electron chi connectivity index (χ2n) is 3.77. The largest absolute Gasteiger partial charge is 0.464 e. The van der Waals surface area contributed by atoms with Gasteiger partial charge in [-0.2, -0.15) is 9.88 Å². The van der Waals surface area contributed by atoms with E-state index in [4.69, 9.17) is 4.42 Å². The van der Waals surface area contributed by atoms with Crippen LogP contribution >= 0.6 is 0 Å². The molecule has 2 heterocycles. The lowest BCUT2D eigenvalue weighted by atomic mass is 10.3. The highest BCUT2D eigenvalue weighted by molar-refractivity contribution is 5.92. The molecule has 0 aliphatic carbocycles. The molecular formula is C13H9N3O3. The molecule has 0 aliphatic rings. The molecule has 6 heteroatoms. The van der Waals surface area contributed by atoms with Crippen LogP contribution in [0.4, 0.5) is 16.6 Å². The van der Waals surface area contributed by atoms with Crippen molar-refractivity contribution >= 4 is 29.0 Å². The van der Waals surface area contributed by atoms with E-state index in [9.17, 15) is 9.90 Å². The Morgan fingerprint density at radius 3 is 2.63 bits per heavy atom.